The normalized spacial score (nSPS) is 11.3. The van der Waals surface area contributed by atoms with E-state index in [1.165, 1.54) is 12.1 Å². The van der Waals surface area contributed by atoms with E-state index in [2.05, 4.69) is 5.32 Å². The Labute approximate surface area is 188 Å². The van der Waals surface area contributed by atoms with Crippen LogP contribution in [-0.2, 0) is 14.8 Å². The molecule has 0 aliphatic rings. The summed E-state index contributed by atoms with van der Waals surface area (Å²) >= 11 is 6.26. The van der Waals surface area contributed by atoms with Gasteiger partial charge in [0.05, 0.1) is 10.6 Å². The third-order valence-corrected chi connectivity index (χ3v) is 7.41. The highest BCUT2D eigenvalue weighted by Gasteiger charge is 2.27. The number of halogens is 1. The lowest BCUT2D eigenvalue weighted by molar-refractivity contribution is -0.114. The van der Waals surface area contributed by atoms with Crippen LogP contribution in [0.25, 0.3) is 0 Å². The molecule has 1 amide bonds. The van der Waals surface area contributed by atoms with Crippen LogP contribution in [0.1, 0.15) is 22.3 Å². The van der Waals surface area contributed by atoms with Crippen molar-refractivity contribution < 1.29 is 13.2 Å². The van der Waals surface area contributed by atoms with Gasteiger partial charge in [0.1, 0.15) is 6.54 Å². The van der Waals surface area contributed by atoms with Gasteiger partial charge in [0.15, 0.2) is 0 Å². The third kappa shape index (κ3) is 5.09. The molecule has 5 nitrogen and oxygen atoms in total. The summed E-state index contributed by atoms with van der Waals surface area (Å²) in [5.41, 5.74) is 4.70. The molecule has 0 aliphatic heterocycles. The summed E-state index contributed by atoms with van der Waals surface area (Å²) in [5.74, 6) is -0.443. The average molecular weight is 457 g/mol. The van der Waals surface area contributed by atoms with Gasteiger partial charge >= 0.3 is 0 Å². The lowest BCUT2D eigenvalue weighted by atomic mass is 10.1. The Hall–Kier alpha value is -2.83. The molecule has 7 heteroatoms. The summed E-state index contributed by atoms with van der Waals surface area (Å²) in [4.78, 5) is 13.0. The van der Waals surface area contributed by atoms with Crippen molar-refractivity contribution in [2.75, 3.05) is 16.2 Å². The maximum Gasteiger partial charge on any atom is 0.264 e. The van der Waals surface area contributed by atoms with E-state index >= 15 is 0 Å². The van der Waals surface area contributed by atoms with Crippen molar-refractivity contribution in [3.8, 4) is 0 Å². The first-order chi connectivity index (χ1) is 14.6. The average Bonchev–Trinajstić information content (AvgIpc) is 2.72. The van der Waals surface area contributed by atoms with Gasteiger partial charge in [0.2, 0.25) is 5.91 Å². The minimum absolute atomic E-state index is 0.106. The number of amides is 1. The molecule has 162 valence electrons. The van der Waals surface area contributed by atoms with Crippen molar-refractivity contribution in [1.29, 1.82) is 0 Å². The molecule has 0 bridgehead atoms. The monoisotopic (exact) mass is 456 g/mol. The molecule has 0 atom stereocenters. The quantitative estimate of drug-likeness (QED) is 0.539. The fourth-order valence-electron chi connectivity index (χ4n) is 3.10. The van der Waals surface area contributed by atoms with E-state index in [0.717, 1.165) is 26.6 Å². The van der Waals surface area contributed by atoms with Crippen LogP contribution in [0.4, 0.5) is 11.4 Å². The van der Waals surface area contributed by atoms with E-state index < -0.39 is 15.9 Å². The second-order valence-electron chi connectivity index (χ2n) is 7.55. The lowest BCUT2D eigenvalue weighted by Crippen LogP contribution is -2.38. The summed E-state index contributed by atoms with van der Waals surface area (Å²) in [6.07, 6.45) is 0. The fourth-order valence-corrected chi connectivity index (χ4v) is 4.68. The second kappa shape index (κ2) is 9.12. The molecule has 1 N–H and O–H groups in total. The molecule has 0 spiro atoms. The van der Waals surface area contributed by atoms with E-state index in [1.54, 1.807) is 36.4 Å². The summed E-state index contributed by atoms with van der Waals surface area (Å²) in [6.45, 7) is 7.19. The molecule has 0 aliphatic carbocycles. The van der Waals surface area contributed by atoms with E-state index in [1.807, 2.05) is 39.8 Å². The smallest absolute Gasteiger partial charge is 0.264 e. The van der Waals surface area contributed by atoms with Crippen LogP contribution in [0.5, 0.6) is 0 Å². The van der Waals surface area contributed by atoms with Gasteiger partial charge in [0.25, 0.3) is 10.0 Å². The second-order valence-corrected chi connectivity index (χ2v) is 9.82. The zero-order chi connectivity index (χ0) is 22.8. The Morgan fingerprint density at radius 2 is 1.61 bits per heavy atom. The molecule has 3 aromatic rings. The Bertz CT molecular complexity index is 1220. The van der Waals surface area contributed by atoms with Gasteiger partial charge in [-0.1, -0.05) is 47.5 Å². The predicted octanol–water partition coefficient (Wildman–Crippen LogP) is 5.41. The minimum Gasteiger partial charge on any atom is -0.324 e. The minimum atomic E-state index is -3.99. The summed E-state index contributed by atoms with van der Waals surface area (Å²) in [5, 5.41) is 3.26. The fraction of sp³-hybridized carbons (Fsp3) is 0.208. The maximum absolute atomic E-state index is 13.5. The molecule has 0 radical (unpaired) electrons. The number of anilines is 2. The topological polar surface area (TPSA) is 66.5 Å². The number of benzene rings is 3. The Morgan fingerprint density at radius 3 is 2.26 bits per heavy atom. The lowest BCUT2D eigenvalue weighted by Gasteiger charge is -2.25. The molecular weight excluding hydrogens is 432 g/mol. The van der Waals surface area contributed by atoms with Gasteiger partial charge in [-0.15, -0.1) is 0 Å². The summed E-state index contributed by atoms with van der Waals surface area (Å²) < 4.78 is 28.0. The number of hydrogen-bond acceptors (Lipinski definition) is 3. The number of carbonyl (C=O) groups is 1. The first kappa shape index (κ1) is 22.8. The van der Waals surface area contributed by atoms with E-state index in [9.17, 15) is 13.2 Å². The number of nitrogens with one attached hydrogen (secondary N) is 1. The Morgan fingerprint density at radius 1 is 0.935 bits per heavy atom. The Balaban J connectivity index is 1.99. The molecule has 0 aromatic heterocycles. The van der Waals surface area contributed by atoms with Gasteiger partial charge in [-0.25, -0.2) is 8.42 Å². The summed E-state index contributed by atoms with van der Waals surface area (Å²) in [7, 11) is -3.99. The number of hydrogen-bond donors (Lipinski definition) is 1. The number of nitrogens with zero attached hydrogens (tertiary/aromatic N) is 1. The molecule has 0 saturated carbocycles. The van der Waals surface area contributed by atoms with Gasteiger partial charge < -0.3 is 5.32 Å². The SMILES string of the molecule is Cc1ccc(S(=O)(=O)N(CC(=O)Nc2cccc(C)c2C)c2ccc(C)c(Cl)c2)cc1. The molecule has 0 heterocycles. The van der Waals surface area contributed by atoms with Crippen molar-refractivity contribution in [3.05, 3.63) is 87.9 Å². The standard InChI is InChI=1S/C24H25ClN2O3S/c1-16-8-12-21(13-9-16)31(29,30)27(20-11-10-18(3)22(25)14-20)15-24(28)26-23-7-5-6-17(2)19(23)4/h5-14H,15H2,1-4H3,(H,26,28). The van der Waals surface area contributed by atoms with Crippen molar-refractivity contribution in [2.45, 2.75) is 32.6 Å². The van der Waals surface area contributed by atoms with Crippen LogP contribution in [0.15, 0.2) is 65.6 Å². The van der Waals surface area contributed by atoms with E-state index in [4.69, 9.17) is 11.6 Å². The van der Waals surface area contributed by atoms with Gasteiger partial charge in [-0.05, 0) is 74.7 Å². The van der Waals surface area contributed by atoms with Crippen LogP contribution in [0.3, 0.4) is 0 Å². The first-order valence-electron chi connectivity index (χ1n) is 9.81. The van der Waals surface area contributed by atoms with Gasteiger partial charge in [-0.2, -0.15) is 0 Å². The highest BCUT2D eigenvalue weighted by molar-refractivity contribution is 7.92. The van der Waals surface area contributed by atoms with Crippen molar-refractivity contribution in [3.63, 3.8) is 0 Å². The van der Waals surface area contributed by atoms with E-state index in [0.29, 0.717) is 16.4 Å². The molecule has 0 fully saturated rings. The number of sulfonamides is 1. The predicted molar refractivity (Wildman–Crippen MR) is 126 cm³/mol. The van der Waals surface area contributed by atoms with E-state index in [-0.39, 0.29) is 11.4 Å². The number of rotatable bonds is 6. The van der Waals surface area contributed by atoms with Crippen LogP contribution >= 0.6 is 11.6 Å². The third-order valence-electron chi connectivity index (χ3n) is 5.22. The Kier molecular flexibility index (Phi) is 6.72. The molecule has 3 aromatic carbocycles. The first-order valence-corrected chi connectivity index (χ1v) is 11.6. The number of carbonyl (C=O) groups excluding carboxylic acids is 1. The van der Waals surface area contributed by atoms with Crippen LogP contribution in [-0.4, -0.2) is 20.9 Å². The molecule has 0 saturated heterocycles. The highest BCUT2D eigenvalue weighted by Crippen LogP contribution is 2.28. The van der Waals surface area contributed by atoms with Crippen molar-refractivity contribution in [2.24, 2.45) is 0 Å². The van der Waals surface area contributed by atoms with Crippen LogP contribution in [0, 0.1) is 27.7 Å². The largest absolute Gasteiger partial charge is 0.324 e. The van der Waals surface area contributed by atoms with Crippen LogP contribution < -0.4 is 9.62 Å². The van der Waals surface area contributed by atoms with Gasteiger partial charge in [-0.3, -0.25) is 9.10 Å². The molecule has 3 rings (SSSR count). The zero-order valence-corrected chi connectivity index (χ0v) is 19.5. The maximum atomic E-state index is 13.5. The summed E-state index contributed by atoms with van der Waals surface area (Å²) in [6, 6.07) is 17.1. The highest BCUT2D eigenvalue weighted by atomic mass is 35.5. The zero-order valence-electron chi connectivity index (χ0n) is 17.9. The van der Waals surface area contributed by atoms with Crippen molar-refractivity contribution in [1.82, 2.24) is 0 Å². The molecule has 31 heavy (non-hydrogen) atoms. The van der Waals surface area contributed by atoms with Crippen LogP contribution in [0.2, 0.25) is 5.02 Å². The molecule has 0 unspecified atom stereocenters. The van der Waals surface area contributed by atoms with Gasteiger partial charge in [0, 0.05) is 10.7 Å². The van der Waals surface area contributed by atoms with Crippen molar-refractivity contribution >= 4 is 38.9 Å². The number of aryl methyl sites for hydroxylation is 3. The molecular formula is C24H25ClN2O3S.